The summed E-state index contributed by atoms with van der Waals surface area (Å²) in [5.74, 6) is -1.58. The third-order valence-corrected chi connectivity index (χ3v) is 8.72. The molecule has 2 aromatic rings. The summed E-state index contributed by atoms with van der Waals surface area (Å²) in [6.45, 7) is 1.84. The van der Waals surface area contributed by atoms with Crippen molar-refractivity contribution in [1.82, 2.24) is 20.4 Å². The lowest BCUT2D eigenvalue weighted by Crippen LogP contribution is -2.71. The van der Waals surface area contributed by atoms with Crippen LogP contribution in [-0.2, 0) is 25.6 Å². The number of carbonyl (C=O) groups excluding carboxylic acids is 2. The Kier molecular flexibility index (Phi) is 6.79. The molecule has 4 rings (SSSR count). The van der Waals surface area contributed by atoms with Gasteiger partial charge < -0.3 is 10.4 Å². The number of carboxylic acid groups (broad SMARTS) is 1. The summed E-state index contributed by atoms with van der Waals surface area (Å²) in [7, 11) is 0. The first-order valence-electron chi connectivity index (χ1n) is 9.26. The number of β-lactam (4-membered cyclic amide) rings is 1. The monoisotopic (exact) mass is 508 g/mol. The minimum absolute atomic E-state index is 0.0453. The Hall–Kier alpha value is -2.48. The highest BCUT2D eigenvalue weighted by atomic mass is 32.2. The number of aliphatic carboxylic acids is 1. The number of amides is 2. The molecule has 0 bridgehead atoms. The Morgan fingerprint density at radius 3 is 2.66 bits per heavy atom. The van der Waals surface area contributed by atoms with Crippen molar-refractivity contribution < 1.29 is 23.7 Å². The molecule has 0 saturated carbocycles. The summed E-state index contributed by atoms with van der Waals surface area (Å²) >= 11 is 4.23. The fourth-order valence-electron chi connectivity index (χ4n) is 3.29. The van der Waals surface area contributed by atoms with Gasteiger partial charge in [0.1, 0.15) is 38.2 Å². The van der Waals surface area contributed by atoms with Crippen LogP contribution in [0.4, 0.5) is 0 Å². The zero-order valence-corrected chi connectivity index (χ0v) is 19.8. The normalized spacial score (nSPS) is 19.8. The van der Waals surface area contributed by atoms with E-state index in [1.54, 1.807) is 30.3 Å². The Morgan fingerprint density at radius 2 is 2.03 bits per heavy atom. The van der Waals surface area contributed by atoms with Crippen molar-refractivity contribution in [2.45, 2.75) is 22.7 Å². The first-order chi connectivity index (χ1) is 15.4. The van der Waals surface area contributed by atoms with Crippen LogP contribution in [0.5, 0.6) is 0 Å². The van der Waals surface area contributed by atoms with Crippen LogP contribution in [0.25, 0.3) is 0 Å². The number of carboxylic acids is 1. The van der Waals surface area contributed by atoms with Gasteiger partial charge in [0.05, 0.1) is 0 Å². The number of aryl methyl sites for hydroxylation is 1. The molecule has 2 N–H and O–H groups in total. The predicted molar refractivity (Wildman–Crippen MR) is 124 cm³/mol. The van der Waals surface area contributed by atoms with Gasteiger partial charge >= 0.3 is 5.97 Å². The van der Waals surface area contributed by atoms with Crippen molar-refractivity contribution in [3.63, 3.8) is 0 Å². The molecule has 166 valence electrons. The van der Waals surface area contributed by atoms with Crippen LogP contribution in [0.1, 0.15) is 10.6 Å². The second kappa shape index (κ2) is 9.57. The molecule has 13 heteroatoms. The number of carbonyl (C=O) groups is 3. The van der Waals surface area contributed by atoms with Crippen LogP contribution >= 0.6 is 34.9 Å². The molecule has 9 nitrogen and oxygen atoms in total. The number of hydrogen-bond donors (Lipinski definition) is 2. The number of thioether (sulfide) groups is 2. The minimum Gasteiger partial charge on any atom is -0.477 e. The van der Waals surface area contributed by atoms with Crippen molar-refractivity contribution >= 4 is 68.8 Å². The van der Waals surface area contributed by atoms with Crippen molar-refractivity contribution in [3.8, 4) is 0 Å². The number of aromatic nitrogens is 2. The van der Waals surface area contributed by atoms with Gasteiger partial charge in [-0.2, -0.15) is 0 Å². The zero-order valence-electron chi connectivity index (χ0n) is 16.5. The van der Waals surface area contributed by atoms with E-state index in [4.69, 9.17) is 0 Å². The average molecular weight is 509 g/mol. The third-order valence-electron chi connectivity index (χ3n) is 4.74. The summed E-state index contributed by atoms with van der Waals surface area (Å²) in [5, 5.41) is 20.6. The highest BCUT2D eigenvalue weighted by molar-refractivity contribution is 8.01. The molecule has 1 aromatic heterocycles. The van der Waals surface area contributed by atoms with Crippen molar-refractivity contribution in [1.29, 1.82) is 0 Å². The number of hydrogen-bond acceptors (Lipinski definition) is 9. The van der Waals surface area contributed by atoms with Gasteiger partial charge in [-0.3, -0.25) is 14.5 Å². The Balaban J connectivity index is 1.48. The lowest BCUT2D eigenvalue weighted by molar-refractivity contribution is -0.150. The van der Waals surface area contributed by atoms with Crippen LogP contribution in [0.2, 0.25) is 0 Å². The molecule has 2 aliphatic heterocycles. The standard InChI is InChI=1S/C19H16N4O5S4/c1-9-21-22-19(31-9)30-8-11-7-29-17-12(16(25)23(17)13(11)18(26)27)20-15(24)14(32-28)10-5-3-2-4-6-10/h2-6,12,17H,7-8H2,1H3,(H,20,24)(H,26,27)/t12?,17-/m1/s1. The second-order valence-corrected chi connectivity index (χ2v) is 10.9. The molecule has 1 unspecified atom stereocenters. The van der Waals surface area contributed by atoms with Gasteiger partial charge in [-0.1, -0.05) is 53.4 Å². The summed E-state index contributed by atoms with van der Waals surface area (Å²) < 4.78 is 12.2. The van der Waals surface area contributed by atoms with E-state index in [0.717, 1.165) is 9.35 Å². The molecule has 2 atom stereocenters. The first-order valence-corrected chi connectivity index (χ1v) is 12.9. The van der Waals surface area contributed by atoms with E-state index in [1.807, 2.05) is 6.92 Å². The fraction of sp³-hybridized carbons (Fsp3) is 0.263. The van der Waals surface area contributed by atoms with Gasteiger partial charge in [0.2, 0.25) is 0 Å². The molecule has 2 amide bonds. The van der Waals surface area contributed by atoms with E-state index in [9.17, 15) is 23.7 Å². The fourth-order valence-corrected chi connectivity index (χ4v) is 6.96. The summed E-state index contributed by atoms with van der Waals surface area (Å²) in [5.41, 5.74) is 1.02. The molecule has 1 saturated heterocycles. The Morgan fingerprint density at radius 1 is 1.28 bits per heavy atom. The van der Waals surface area contributed by atoms with Crippen molar-refractivity contribution in [2.24, 2.45) is 0 Å². The molecule has 0 radical (unpaired) electrons. The maximum atomic E-state index is 12.8. The molecular formula is C19H16N4O5S4. The summed E-state index contributed by atoms with van der Waals surface area (Å²) in [4.78, 5) is 38.6. The highest BCUT2D eigenvalue weighted by Crippen LogP contribution is 2.41. The van der Waals surface area contributed by atoms with Gasteiger partial charge in [0.25, 0.3) is 11.8 Å². The Bertz CT molecular complexity index is 1180. The van der Waals surface area contributed by atoms with E-state index < -0.39 is 29.2 Å². The molecule has 0 spiro atoms. The maximum absolute atomic E-state index is 12.8. The number of fused-ring (bicyclic) bond motifs is 1. The molecule has 3 heterocycles. The largest absolute Gasteiger partial charge is 0.477 e. The van der Waals surface area contributed by atoms with Crippen LogP contribution in [0, 0.1) is 6.92 Å². The number of benzene rings is 1. The van der Waals surface area contributed by atoms with E-state index in [1.165, 1.54) is 39.8 Å². The number of rotatable bonds is 7. The van der Waals surface area contributed by atoms with Gasteiger partial charge in [0.15, 0.2) is 4.34 Å². The number of nitrogens with zero attached hydrogens (tertiary/aromatic N) is 3. The molecule has 1 fully saturated rings. The van der Waals surface area contributed by atoms with Crippen LogP contribution < -0.4 is 5.32 Å². The van der Waals surface area contributed by atoms with Gasteiger partial charge in [-0.25, -0.2) is 9.00 Å². The van der Waals surface area contributed by atoms with Gasteiger partial charge in [0, 0.05) is 17.1 Å². The van der Waals surface area contributed by atoms with E-state index >= 15 is 0 Å². The first kappa shape index (κ1) is 22.7. The lowest BCUT2D eigenvalue weighted by atomic mass is 10.0. The minimum atomic E-state index is -1.19. The zero-order chi connectivity index (χ0) is 22.8. The van der Waals surface area contributed by atoms with Crippen molar-refractivity contribution in [2.75, 3.05) is 11.5 Å². The molecule has 0 aliphatic carbocycles. The smallest absolute Gasteiger partial charge is 0.352 e. The topological polar surface area (TPSA) is 130 Å². The third kappa shape index (κ3) is 4.37. The van der Waals surface area contributed by atoms with E-state index in [0.29, 0.717) is 22.6 Å². The van der Waals surface area contributed by atoms with Gasteiger partial charge in [-0.05, 0) is 12.5 Å². The lowest BCUT2D eigenvalue weighted by Gasteiger charge is -2.49. The molecule has 1 aromatic carbocycles. The van der Waals surface area contributed by atoms with E-state index in [-0.39, 0.29) is 21.8 Å². The Labute approximate surface area is 198 Å². The maximum Gasteiger partial charge on any atom is 0.352 e. The number of nitrogens with one attached hydrogen (secondary N) is 1. The highest BCUT2D eigenvalue weighted by Gasteiger charge is 2.54. The van der Waals surface area contributed by atoms with Crippen LogP contribution in [0.3, 0.4) is 0 Å². The second-order valence-electron chi connectivity index (χ2n) is 6.77. The summed E-state index contributed by atoms with van der Waals surface area (Å²) in [6.07, 6.45) is 0. The predicted octanol–water partition coefficient (Wildman–Crippen LogP) is 1.11. The molecule has 32 heavy (non-hydrogen) atoms. The van der Waals surface area contributed by atoms with Crippen LogP contribution in [0.15, 0.2) is 45.9 Å². The van der Waals surface area contributed by atoms with Crippen molar-refractivity contribution in [3.05, 3.63) is 52.2 Å². The molecular weight excluding hydrogens is 493 g/mol. The van der Waals surface area contributed by atoms with Gasteiger partial charge in [-0.15, -0.1) is 22.0 Å². The average Bonchev–Trinajstić information content (AvgIpc) is 3.21. The van der Waals surface area contributed by atoms with Crippen LogP contribution in [-0.4, -0.2) is 70.0 Å². The quantitative estimate of drug-likeness (QED) is 0.244. The van der Waals surface area contributed by atoms with E-state index in [2.05, 4.69) is 15.5 Å². The summed E-state index contributed by atoms with van der Waals surface area (Å²) in [6, 6.07) is 7.56. The SMILES string of the molecule is Cc1nnc(SCC2=C(C(=O)O)N3C(=O)C(NC(=O)C(=S=O)c4ccccc4)[C@H]3SC2)s1. The molecule has 2 aliphatic rings.